The summed E-state index contributed by atoms with van der Waals surface area (Å²) in [5, 5.41) is 0. The predicted molar refractivity (Wildman–Crippen MR) is 60.8 cm³/mol. The largest absolute Gasteiger partial charge is 0.451 e. The number of alkyl halides is 3. The van der Waals surface area contributed by atoms with Gasteiger partial charge < -0.3 is 4.90 Å². The quantitative estimate of drug-likeness (QED) is 0.746. The summed E-state index contributed by atoms with van der Waals surface area (Å²) in [7, 11) is 0. The third kappa shape index (κ3) is 3.08. The first kappa shape index (κ1) is 12.6. The molecule has 94 valence electrons. The molecule has 3 nitrogen and oxygen atoms in total. The topological polar surface area (TPSA) is 29.0 Å². The van der Waals surface area contributed by atoms with Gasteiger partial charge in [-0.25, -0.2) is 9.97 Å². The van der Waals surface area contributed by atoms with Gasteiger partial charge in [0.2, 0.25) is 5.82 Å². The summed E-state index contributed by atoms with van der Waals surface area (Å²) in [6.45, 7) is 1.50. The molecule has 0 spiro atoms. The molecule has 0 unspecified atom stereocenters. The molecule has 0 amide bonds. The molecule has 7 heteroatoms. The Hall–Kier alpha value is -0.850. The molecule has 0 N–H and O–H groups in total. The molecule has 1 aromatic rings. The van der Waals surface area contributed by atoms with E-state index in [1.165, 1.54) is 6.07 Å². The maximum absolute atomic E-state index is 12.6. The van der Waals surface area contributed by atoms with E-state index in [2.05, 4.69) is 25.9 Å². The Bertz CT molecular complexity index is 402. The van der Waals surface area contributed by atoms with Crippen molar-refractivity contribution < 1.29 is 13.2 Å². The fourth-order valence-corrected chi connectivity index (χ4v) is 2.19. The smallest absolute Gasteiger partial charge is 0.356 e. The standard InChI is InChI=1S/C10H11BrF3N3/c11-7-6-8(17-4-2-1-3-5-17)16-9(15-7)10(12,13)14/h6H,1-5H2. The molecule has 0 atom stereocenters. The van der Waals surface area contributed by atoms with Gasteiger partial charge in [-0.05, 0) is 35.2 Å². The summed E-state index contributed by atoms with van der Waals surface area (Å²) in [4.78, 5) is 8.81. The van der Waals surface area contributed by atoms with Crippen LogP contribution in [0.2, 0.25) is 0 Å². The number of piperidine rings is 1. The van der Waals surface area contributed by atoms with Crippen LogP contribution in [-0.4, -0.2) is 23.1 Å². The normalized spacial score (nSPS) is 17.3. The van der Waals surface area contributed by atoms with Crippen LogP contribution in [-0.2, 0) is 6.18 Å². The van der Waals surface area contributed by atoms with Crippen molar-refractivity contribution in [1.82, 2.24) is 9.97 Å². The van der Waals surface area contributed by atoms with Crippen LogP contribution in [0, 0.1) is 0 Å². The molecule has 0 radical (unpaired) electrons. The van der Waals surface area contributed by atoms with Gasteiger partial charge in [0.15, 0.2) is 0 Å². The average molecular weight is 310 g/mol. The van der Waals surface area contributed by atoms with Gasteiger partial charge in [0.25, 0.3) is 0 Å². The van der Waals surface area contributed by atoms with Crippen LogP contribution in [0.4, 0.5) is 19.0 Å². The SMILES string of the molecule is FC(F)(F)c1nc(Br)cc(N2CCCCC2)n1. The Morgan fingerprint density at radius 1 is 1.12 bits per heavy atom. The molecule has 2 heterocycles. The van der Waals surface area contributed by atoms with Crippen molar-refractivity contribution >= 4 is 21.7 Å². The van der Waals surface area contributed by atoms with Gasteiger partial charge in [0.1, 0.15) is 10.4 Å². The van der Waals surface area contributed by atoms with E-state index in [4.69, 9.17) is 0 Å². The van der Waals surface area contributed by atoms with E-state index >= 15 is 0 Å². The second kappa shape index (κ2) is 4.80. The number of hydrogen-bond acceptors (Lipinski definition) is 3. The number of aromatic nitrogens is 2. The van der Waals surface area contributed by atoms with Crippen LogP contribution < -0.4 is 4.90 Å². The Morgan fingerprint density at radius 2 is 1.76 bits per heavy atom. The zero-order valence-electron chi connectivity index (χ0n) is 8.97. The van der Waals surface area contributed by atoms with Crippen molar-refractivity contribution in [2.75, 3.05) is 18.0 Å². The summed E-state index contributed by atoms with van der Waals surface area (Å²) in [6.07, 6.45) is -1.41. The second-order valence-electron chi connectivity index (χ2n) is 3.92. The van der Waals surface area contributed by atoms with Crippen LogP contribution in [0.25, 0.3) is 0 Å². The van der Waals surface area contributed by atoms with Crippen molar-refractivity contribution in [3.8, 4) is 0 Å². The Labute approximate surface area is 105 Å². The van der Waals surface area contributed by atoms with Crippen molar-refractivity contribution in [3.63, 3.8) is 0 Å². The fraction of sp³-hybridized carbons (Fsp3) is 0.600. The molecule has 2 rings (SSSR count). The summed E-state index contributed by atoms with van der Waals surface area (Å²) in [5.74, 6) is -0.744. The van der Waals surface area contributed by atoms with Crippen LogP contribution in [0.5, 0.6) is 0 Å². The summed E-state index contributed by atoms with van der Waals surface area (Å²) >= 11 is 2.99. The van der Waals surface area contributed by atoms with E-state index in [0.29, 0.717) is 5.82 Å². The lowest BCUT2D eigenvalue weighted by molar-refractivity contribution is -0.145. The summed E-state index contributed by atoms with van der Waals surface area (Å²) < 4.78 is 37.8. The first-order valence-electron chi connectivity index (χ1n) is 5.33. The Balaban J connectivity index is 2.31. The maximum atomic E-state index is 12.6. The van der Waals surface area contributed by atoms with E-state index in [9.17, 15) is 13.2 Å². The molecule has 1 fully saturated rings. The zero-order valence-corrected chi connectivity index (χ0v) is 10.6. The Kier molecular flexibility index (Phi) is 3.56. The molecular weight excluding hydrogens is 299 g/mol. The predicted octanol–water partition coefficient (Wildman–Crippen LogP) is 3.25. The van der Waals surface area contributed by atoms with Gasteiger partial charge in [0.05, 0.1) is 0 Å². The molecule has 0 saturated carbocycles. The average Bonchev–Trinajstić information content (AvgIpc) is 2.28. The molecular formula is C10H11BrF3N3. The van der Waals surface area contributed by atoms with Crippen LogP contribution in [0.3, 0.4) is 0 Å². The van der Waals surface area contributed by atoms with Gasteiger partial charge in [-0.15, -0.1) is 0 Å². The lowest BCUT2D eigenvalue weighted by atomic mass is 10.1. The third-order valence-electron chi connectivity index (χ3n) is 2.61. The minimum Gasteiger partial charge on any atom is -0.356 e. The molecule has 0 aliphatic carbocycles. The van der Waals surface area contributed by atoms with E-state index in [1.54, 1.807) is 0 Å². The van der Waals surface area contributed by atoms with Crippen molar-refractivity contribution in [2.24, 2.45) is 0 Å². The van der Waals surface area contributed by atoms with Crippen LogP contribution >= 0.6 is 15.9 Å². The monoisotopic (exact) mass is 309 g/mol. The van der Waals surface area contributed by atoms with E-state index in [0.717, 1.165) is 32.4 Å². The third-order valence-corrected chi connectivity index (χ3v) is 3.02. The van der Waals surface area contributed by atoms with Gasteiger partial charge >= 0.3 is 6.18 Å². The molecule has 1 aliphatic rings. The van der Waals surface area contributed by atoms with E-state index in [-0.39, 0.29) is 4.60 Å². The van der Waals surface area contributed by atoms with Crippen molar-refractivity contribution in [3.05, 3.63) is 16.5 Å². The summed E-state index contributed by atoms with van der Waals surface area (Å²) in [6, 6.07) is 1.53. The molecule has 0 bridgehead atoms. The minimum atomic E-state index is -4.51. The highest BCUT2D eigenvalue weighted by molar-refractivity contribution is 9.10. The molecule has 1 aromatic heterocycles. The van der Waals surface area contributed by atoms with Gasteiger partial charge in [-0.2, -0.15) is 13.2 Å². The number of rotatable bonds is 1. The molecule has 0 aromatic carbocycles. The highest BCUT2D eigenvalue weighted by atomic mass is 79.9. The number of nitrogens with zero attached hydrogens (tertiary/aromatic N) is 3. The van der Waals surface area contributed by atoms with E-state index < -0.39 is 12.0 Å². The van der Waals surface area contributed by atoms with Gasteiger partial charge in [-0.1, -0.05) is 0 Å². The highest BCUT2D eigenvalue weighted by Crippen LogP contribution is 2.29. The van der Waals surface area contributed by atoms with Gasteiger partial charge in [0, 0.05) is 19.2 Å². The number of anilines is 1. The number of hydrogen-bond donors (Lipinski definition) is 0. The molecule has 17 heavy (non-hydrogen) atoms. The molecule has 1 saturated heterocycles. The lowest BCUT2D eigenvalue weighted by Gasteiger charge is -2.28. The second-order valence-corrected chi connectivity index (χ2v) is 4.73. The zero-order chi connectivity index (χ0) is 12.5. The van der Waals surface area contributed by atoms with Crippen LogP contribution in [0.1, 0.15) is 25.1 Å². The Morgan fingerprint density at radius 3 is 2.35 bits per heavy atom. The number of halogens is 4. The molecule has 1 aliphatic heterocycles. The van der Waals surface area contributed by atoms with Crippen molar-refractivity contribution in [1.29, 1.82) is 0 Å². The highest BCUT2D eigenvalue weighted by Gasteiger charge is 2.35. The maximum Gasteiger partial charge on any atom is 0.451 e. The van der Waals surface area contributed by atoms with Crippen molar-refractivity contribution in [2.45, 2.75) is 25.4 Å². The fourth-order valence-electron chi connectivity index (χ4n) is 1.82. The first-order chi connectivity index (χ1) is 7.97. The van der Waals surface area contributed by atoms with Gasteiger partial charge in [-0.3, -0.25) is 0 Å². The first-order valence-corrected chi connectivity index (χ1v) is 6.13. The minimum absolute atomic E-state index is 0.167. The van der Waals surface area contributed by atoms with E-state index in [1.807, 2.05) is 4.90 Å². The van der Waals surface area contributed by atoms with Crippen LogP contribution in [0.15, 0.2) is 10.7 Å². The lowest BCUT2D eigenvalue weighted by Crippen LogP contribution is -2.31. The summed E-state index contributed by atoms with van der Waals surface area (Å²) in [5.41, 5.74) is 0.